The molecular formula is C30H31N3O4S. The Kier molecular flexibility index (Phi) is 7.64. The van der Waals surface area contributed by atoms with Crippen LogP contribution in [-0.2, 0) is 10.0 Å². The van der Waals surface area contributed by atoms with Crippen LogP contribution in [0.25, 0.3) is 21.8 Å². The van der Waals surface area contributed by atoms with Crippen molar-refractivity contribution in [2.75, 3.05) is 24.4 Å². The Morgan fingerprint density at radius 1 is 0.842 bits per heavy atom. The molecule has 5 aromatic rings. The van der Waals surface area contributed by atoms with Crippen molar-refractivity contribution in [1.82, 2.24) is 10.3 Å². The van der Waals surface area contributed by atoms with Gasteiger partial charge in [0.1, 0.15) is 18.5 Å². The first kappa shape index (κ1) is 25.8. The third-order valence-electron chi connectivity index (χ3n) is 6.54. The SMILES string of the molecule is CC(CNC[C@H](O)COc1cccc2[nH]c3ccccc3c12)c1ccc(NS(=O)(=O)c2ccccc2)cc1. The normalized spacial score (nSPS) is 13.4. The lowest BCUT2D eigenvalue weighted by Crippen LogP contribution is -2.33. The quantitative estimate of drug-likeness (QED) is 0.187. The van der Waals surface area contributed by atoms with Gasteiger partial charge in [-0.25, -0.2) is 8.42 Å². The lowest BCUT2D eigenvalue weighted by molar-refractivity contribution is 0.107. The minimum atomic E-state index is -3.62. The smallest absolute Gasteiger partial charge is 0.261 e. The number of benzene rings is 4. The van der Waals surface area contributed by atoms with Gasteiger partial charge in [-0.2, -0.15) is 0 Å². The van der Waals surface area contributed by atoms with Gasteiger partial charge in [-0.1, -0.05) is 61.5 Å². The summed E-state index contributed by atoms with van der Waals surface area (Å²) in [5.74, 6) is 0.915. The summed E-state index contributed by atoms with van der Waals surface area (Å²) in [5.41, 5.74) is 3.63. The largest absolute Gasteiger partial charge is 0.490 e. The summed E-state index contributed by atoms with van der Waals surface area (Å²) in [7, 11) is -3.62. The minimum absolute atomic E-state index is 0.169. The number of H-pyrrole nitrogens is 1. The van der Waals surface area contributed by atoms with E-state index in [9.17, 15) is 13.5 Å². The number of aliphatic hydroxyl groups is 1. The molecule has 0 aliphatic rings. The van der Waals surface area contributed by atoms with Crippen molar-refractivity contribution in [3.8, 4) is 5.75 Å². The number of fused-ring (bicyclic) bond motifs is 3. The molecule has 8 heteroatoms. The number of aromatic nitrogens is 1. The van der Waals surface area contributed by atoms with E-state index in [0.29, 0.717) is 18.8 Å². The molecule has 4 N–H and O–H groups in total. The van der Waals surface area contributed by atoms with Crippen molar-refractivity contribution in [3.05, 3.63) is 103 Å². The van der Waals surface area contributed by atoms with E-state index in [4.69, 9.17) is 4.74 Å². The van der Waals surface area contributed by atoms with Crippen molar-refractivity contribution in [1.29, 1.82) is 0 Å². The summed E-state index contributed by atoms with van der Waals surface area (Å²) in [4.78, 5) is 3.63. The fourth-order valence-electron chi connectivity index (χ4n) is 4.51. The molecule has 1 unspecified atom stereocenters. The summed E-state index contributed by atoms with van der Waals surface area (Å²) in [6, 6.07) is 29.6. The van der Waals surface area contributed by atoms with Crippen LogP contribution in [0.4, 0.5) is 5.69 Å². The van der Waals surface area contributed by atoms with Crippen LogP contribution in [0, 0.1) is 0 Å². The molecule has 0 saturated heterocycles. The number of rotatable bonds is 11. The second-order valence-electron chi connectivity index (χ2n) is 9.41. The summed E-state index contributed by atoms with van der Waals surface area (Å²) in [5, 5.41) is 15.9. The number of anilines is 1. The predicted molar refractivity (Wildman–Crippen MR) is 152 cm³/mol. The van der Waals surface area contributed by atoms with E-state index in [-0.39, 0.29) is 17.4 Å². The number of hydrogen-bond acceptors (Lipinski definition) is 5. The van der Waals surface area contributed by atoms with E-state index in [1.807, 2.05) is 48.5 Å². The van der Waals surface area contributed by atoms with Crippen LogP contribution >= 0.6 is 0 Å². The summed E-state index contributed by atoms with van der Waals surface area (Å²) in [6.07, 6.45) is -0.669. The number of hydrogen-bond donors (Lipinski definition) is 4. The highest BCUT2D eigenvalue weighted by Crippen LogP contribution is 2.33. The number of sulfonamides is 1. The zero-order valence-corrected chi connectivity index (χ0v) is 21.9. The fourth-order valence-corrected chi connectivity index (χ4v) is 5.59. The lowest BCUT2D eigenvalue weighted by atomic mass is 10.0. The van der Waals surface area contributed by atoms with Gasteiger partial charge in [0.15, 0.2) is 0 Å². The molecule has 2 atom stereocenters. The van der Waals surface area contributed by atoms with Crippen molar-refractivity contribution in [3.63, 3.8) is 0 Å². The van der Waals surface area contributed by atoms with Crippen molar-refractivity contribution in [2.45, 2.75) is 23.8 Å². The molecule has 5 rings (SSSR count). The Morgan fingerprint density at radius 2 is 1.55 bits per heavy atom. The molecule has 0 aliphatic heterocycles. The first-order valence-electron chi connectivity index (χ1n) is 12.6. The minimum Gasteiger partial charge on any atom is -0.490 e. The molecule has 7 nitrogen and oxygen atoms in total. The van der Waals surface area contributed by atoms with Crippen molar-refractivity contribution < 1.29 is 18.3 Å². The maximum absolute atomic E-state index is 12.5. The molecule has 0 spiro atoms. The third-order valence-corrected chi connectivity index (χ3v) is 7.94. The highest BCUT2D eigenvalue weighted by atomic mass is 32.2. The molecule has 196 valence electrons. The Labute approximate surface area is 222 Å². The number of para-hydroxylation sites is 1. The lowest BCUT2D eigenvalue weighted by Gasteiger charge is -2.17. The van der Waals surface area contributed by atoms with Crippen LogP contribution in [0.3, 0.4) is 0 Å². The number of aliphatic hydroxyl groups excluding tert-OH is 1. The maximum Gasteiger partial charge on any atom is 0.261 e. The van der Waals surface area contributed by atoms with Crippen LogP contribution < -0.4 is 14.8 Å². The topological polar surface area (TPSA) is 103 Å². The predicted octanol–water partition coefficient (Wildman–Crippen LogP) is 5.25. The van der Waals surface area contributed by atoms with Gasteiger partial charge in [-0.05, 0) is 53.9 Å². The zero-order valence-electron chi connectivity index (χ0n) is 21.1. The molecule has 0 bridgehead atoms. The maximum atomic E-state index is 12.5. The van der Waals surface area contributed by atoms with E-state index in [0.717, 1.165) is 33.1 Å². The molecule has 1 aromatic heterocycles. The van der Waals surface area contributed by atoms with Gasteiger partial charge in [-0.15, -0.1) is 0 Å². The average Bonchev–Trinajstić information content (AvgIpc) is 3.32. The van der Waals surface area contributed by atoms with Gasteiger partial charge in [-0.3, -0.25) is 4.72 Å². The Balaban J connectivity index is 1.11. The van der Waals surface area contributed by atoms with Gasteiger partial charge < -0.3 is 20.1 Å². The average molecular weight is 530 g/mol. The summed E-state index contributed by atoms with van der Waals surface area (Å²) < 4.78 is 33.7. The van der Waals surface area contributed by atoms with E-state index >= 15 is 0 Å². The van der Waals surface area contributed by atoms with Crippen LogP contribution in [0.5, 0.6) is 5.75 Å². The molecule has 0 radical (unpaired) electrons. The molecule has 0 aliphatic carbocycles. The van der Waals surface area contributed by atoms with Gasteiger partial charge in [0.2, 0.25) is 0 Å². The van der Waals surface area contributed by atoms with Crippen LogP contribution in [-0.4, -0.2) is 44.3 Å². The summed E-state index contributed by atoms with van der Waals surface area (Å²) >= 11 is 0. The Bertz CT molecular complexity index is 1620. The standard InChI is InChI=1S/C30H31N3O4S/c1-21(22-14-16-23(17-15-22)33-38(35,36)25-8-3-2-4-9-25)18-31-19-24(34)20-37-29-13-7-12-28-30(29)26-10-5-6-11-27(26)32-28/h2-17,21,24,31-34H,18-20H2,1H3/t21?,24-/m0/s1. The van der Waals surface area contributed by atoms with Crippen molar-refractivity contribution >= 4 is 37.5 Å². The fraction of sp³-hybridized carbons (Fsp3) is 0.200. The van der Waals surface area contributed by atoms with E-state index in [2.05, 4.69) is 28.0 Å². The molecule has 0 saturated carbocycles. The number of aromatic amines is 1. The molecule has 1 heterocycles. The highest BCUT2D eigenvalue weighted by Gasteiger charge is 2.15. The molecular weight excluding hydrogens is 498 g/mol. The summed E-state index contributed by atoms with van der Waals surface area (Å²) in [6.45, 7) is 3.31. The molecule has 4 aromatic carbocycles. The number of nitrogens with one attached hydrogen (secondary N) is 3. The second-order valence-corrected chi connectivity index (χ2v) is 11.1. The Morgan fingerprint density at radius 3 is 2.34 bits per heavy atom. The third kappa shape index (κ3) is 5.83. The molecule has 0 fully saturated rings. The molecule has 38 heavy (non-hydrogen) atoms. The Hall–Kier alpha value is -3.85. The van der Waals surface area contributed by atoms with Crippen molar-refractivity contribution in [2.24, 2.45) is 0 Å². The first-order chi connectivity index (χ1) is 18.4. The number of ether oxygens (including phenoxy) is 1. The molecule has 0 amide bonds. The van der Waals surface area contributed by atoms with E-state index in [1.165, 1.54) is 0 Å². The van der Waals surface area contributed by atoms with E-state index < -0.39 is 16.1 Å². The van der Waals surface area contributed by atoms with Crippen LogP contribution in [0.2, 0.25) is 0 Å². The van der Waals surface area contributed by atoms with Crippen LogP contribution in [0.1, 0.15) is 18.4 Å². The van der Waals surface area contributed by atoms with Crippen LogP contribution in [0.15, 0.2) is 102 Å². The van der Waals surface area contributed by atoms with E-state index in [1.54, 1.807) is 42.5 Å². The van der Waals surface area contributed by atoms with Gasteiger partial charge in [0.25, 0.3) is 10.0 Å². The monoisotopic (exact) mass is 529 g/mol. The zero-order chi connectivity index (χ0) is 26.5. The van der Waals surface area contributed by atoms with Gasteiger partial charge in [0, 0.05) is 35.1 Å². The highest BCUT2D eigenvalue weighted by molar-refractivity contribution is 7.92. The van der Waals surface area contributed by atoms with Gasteiger partial charge >= 0.3 is 0 Å². The second kappa shape index (κ2) is 11.3. The first-order valence-corrected chi connectivity index (χ1v) is 14.1. The van der Waals surface area contributed by atoms with Gasteiger partial charge in [0.05, 0.1) is 10.4 Å².